The molecule has 3 N–H and O–H groups in total. The van der Waals surface area contributed by atoms with Gasteiger partial charge >= 0.3 is 0 Å². The van der Waals surface area contributed by atoms with Gasteiger partial charge in [0.1, 0.15) is 5.82 Å². The standard InChI is InChI=1S/C28H25N5O3/c1-18-3-7-23(8-4-18)32-28-29-19(2)15-26(33-28)30-21-9-11-22(12-10-21)31-27(34)14-6-20-5-13-24-25(16-20)36-17-35-24/h3-16H,17H2,1-2H3,(H,31,34)(H2,29,30,32,33)/b14-6+. The number of hydrogen-bond acceptors (Lipinski definition) is 7. The lowest BCUT2D eigenvalue weighted by molar-refractivity contribution is -0.111. The molecule has 36 heavy (non-hydrogen) atoms. The number of benzene rings is 3. The molecule has 1 amide bonds. The Morgan fingerprint density at radius 1 is 0.806 bits per heavy atom. The number of nitrogens with zero attached hydrogens (tertiary/aromatic N) is 2. The molecule has 8 nitrogen and oxygen atoms in total. The molecule has 3 aromatic carbocycles. The zero-order valence-electron chi connectivity index (χ0n) is 19.9. The summed E-state index contributed by atoms with van der Waals surface area (Å²) in [6.07, 6.45) is 3.21. The predicted molar refractivity (Wildman–Crippen MR) is 141 cm³/mol. The van der Waals surface area contributed by atoms with Crippen molar-refractivity contribution >= 4 is 40.8 Å². The largest absolute Gasteiger partial charge is 0.454 e. The van der Waals surface area contributed by atoms with Crippen molar-refractivity contribution < 1.29 is 14.3 Å². The van der Waals surface area contributed by atoms with Crippen molar-refractivity contribution in [3.05, 3.63) is 95.7 Å². The third-order valence-electron chi connectivity index (χ3n) is 5.41. The van der Waals surface area contributed by atoms with Crippen LogP contribution < -0.4 is 25.4 Å². The summed E-state index contributed by atoms with van der Waals surface area (Å²) in [6.45, 7) is 4.18. The van der Waals surface area contributed by atoms with Gasteiger partial charge in [-0.3, -0.25) is 4.79 Å². The van der Waals surface area contributed by atoms with Gasteiger partial charge in [0, 0.05) is 34.9 Å². The van der Waals surface area contributed by atoms with Crippen LogP contribution in [0.3, 0.4) is 0 Å². The molecular formula is C28H25N5O3. The van der Waals surface area contributed by atoms with Gasteiger partial charge in [0.05, 0.1) is 0 Å². The van der Waals surface area contributed by atoms with E-state index < -0.39 is 0 Å². The molecule has 0 unspecified atom stereocenters. The van der Waals surface area contributed by atoms with Crippen LogP contribution in [-0.4, -0.2) is 22.7 Å². The number of rotatable bonds is 7. The second kappa shape index (κ2) is 10.2. The van der Waals surface area contributed by atoms with Crippen molar-refractivity contribution in [2.45, 2.75) is 13.8 Å². The van der Waals surface area contributed by atoms with Gasteiger partial charge in [0.2, 0.25) is 18.6 Å². The van der Waals surface area contributed by atoms with E-state index in [1.54, 1.807) is 6.08 Å². The highest BCUT2D eigenvalue weighted by Crippen LogP contribution is 2.32. The van der Waals surface area contributed by atoms with Gasteiger partial charge in [-0.25, -0.2) is 4.98 Å². The Morgan fingerprint density at radius 3 is 2.31 bits per heavy atom. The topological polar surface area (TPSA) is 97.4 Å². The van der Waals surface area contributed by atoms with Gasteiger partial charge < -0.3 is 25.4 Å². The van der Waals surface area contributed by atoms with Crippen LogP contribution >= 0.6 is 0 Å². The van der Waals surface area contributed by atoms with E-state index in [2.05, 4.69) is 25.9 Å². The normalized spacial score (nSPS) is 11.9. The molecule has 0 saturated carbocycles. The highest BCUT2D eigenvalue weighted by molar-refractivity contribution is 6.02. The number of aromatic nitrogens is 2. The van der Waals surface area contributed by atoms with Crippen LogP contribution in [-0.2, 0) is 4.79 Å². The molecule has 1 aromatic heterocycles. The molecular weight excluding hydrogens is 454 g/mol. The van der Waals surface area contributed by atoms with Gasteiger partial charge in [-0.05, 0) is 74.0 Å². The number of carbonyl (C=O) groups is 1. The first-order chi connectivity index (χ1) is 17.5. The summed E-state index contributed by atoms with van der Waals surface area (Å²) >= 11 is 0. The maximum Gasteiger partial charge on any atom is 0.248 e. The minimum atomic E-state index is -0.230. The van der Waals surface area contributed by atoms with Gasteiger partial charge in [0.25, 0.3) is 0 Å². The van der Waals surface area contributed by atoms with E-state index in [1.165, 1.54) is 11.6 Å². The minimum Gasteiger partial charge on any atom is -0.454 e. The summed E-state index contributed by atoms with van der Waals surface area (Å²) in [7, 11) is 0. The van der Waals surface area contributed by atoms with Crippen LogP contribution in [0.15, 0.2) is 78.9 Å². The summed E-state index contributed by atoms with van der Waals surface area (Å²) in [6, 6.07) is 22.9. The molecule has 4 aromatic rings. The van der Waals surface area contributed by atoms with Crippen LogP contribution in [0.25, 0.3) is 6.08 Å². The summed E-state index contributed by atoms with van der Waals surface area (Å²) in [5.41, 5.74) is 5.31. The first kappa shape index (κ1) is 22.9. The zero-order valence-corrected chi connectivity index (χ0v) is 19.9. The van der Waals surface area contributed by atoms with Crippen molar-refractivity contribution in [3.8, 4) is 11.5 Å². The maximum absolute atomic E-state index is 12.3. The van der Waals surface area contributed by atoms with E-state index in [4.69, 9.17) is 9.47 Å². The van der Waals surface area contributed by atoms with E-state index in [0.29, 0.717) is 29.0 Å². The Morgan fingerprint density at radius 2 is 1.50 bits per heavy atom. The molecule has 0 saturated heterocycles. The van der Waals surface area contributed by atoms with Gasteiger partial charge in [-0.2, -0.15) is 4.98 Å². The molecule has 0 aliphatic carbocycles. The highest BCUT2D eigenvalue weighted by Gasteiger charge is 2.12. The Labute approximate surface area is 209 Å². The van der Waals surface area contributed by atoms with Crippen molar-refractivity contribution in [2.75, 3.05) is 22.7 Å². The molecule has 0 spiro atoms. The Hall–Kier alpha value is -4.85. The third kappa shape index (κ3) is 5.79. The molecule has 8 heteroatoms. The summed E-state index contributed by atoms with van der Waals surface area (Å²) in [4.78, 5) is 21.4. The summed E-state index contributed by atoms with van der Waals surface area (Å²) < 4.78 is 10.7. The summed E-state index contributed by atoms with van der Waals surface area (Å²) in [5.74, 6) is 2.34. The van der Waals surface area contributed by atoms with Crippen molar-refractivity contribution in [1.29, 1.82) is 0 Å². The Kier molecular flexibility index (Phi) is 6.48. The van der Waals surface area contributed by atoms with E-state index >= 15 is 0 Å². The SMILES string of the molecule is Cc1ccc(Nc2nc(C)cc(Nc3ccc(NC(=O)/C=C/c4ccc5c(c4)OCO5)cc3)n2)cc1. The van der Waals surface area contributed by atoms with Crippen molar-refractivity contribution in [2.24, 2.45) is 0 Å². The van der Waals surface area contributed by atoms with Crippen molar-refractivity contribution in [1.82, 2.24) is 9.97 Å². The minimum absolute atomic E-state index is 0.218. The molecule has 0 radical (unpaired) electrons. The lowest BCUT2D eigenvalue weighted by Gasteiger charge is -2.11. The van der Waals surface area contributed by atoms with Gasteiger partial charge in [0.15, 0.2) is 11.5 Å². The van der Waals surface area contributed by atoms with Crippen LogP contribution in [0, 0.1) is 13.8 Å². The average molecular weight is 480 g/mol. The second-order valence-electron chi connectivity index (χ2n) is 8.35. The molecule has 2 heterocycles. The fourth-order valence-corrected chi connectivity index (χ4v) is 3.61. The number of amides is 1. The fourth-order valence-electron chi connectivity index (χ4n) is 3.61. The number of nitrogens with one attached hydrogen (secondary N) is 3. The third-order valence-corrected chi connectivity index (χ3v) is 5.41. The Bertz CT molecular complexity index is 1420. The first-order valence-electron chi connectivity index (χ1n) is 11.5. The molecule has 0 bridgehead atoms. The van der Waals surface area contributed by atoms with E-state index in [9.17, 15) is 4.79 Å². The molecule has 1 aliphatic rings. The number of aryl methyl sites for hydroxylation is 2. The molecule has 180 valence electrons. The number of hydrogen-bond donors (Lipinski definition) is 3. The maximum atomic E-state index is 12.3. The average Bonchev–Trinajstić information content (AvgIpc) is 3.33. The van der Waals surface area contributed by atoms with Crippen LogP contribution in [0.2, 0.25) is 0 Å². The van der Waals surface area contributed by atoms with E-state index in [1.807, 2.05) is 86.6 Å². The van der Waals surface area contributed by atoms with E-state index in [-0.39, 0.29) is 12.7 Å². The predicted octanol–water partition coefficient (Wildman–Crippen LogP) is 5.96. The molecule has 0 fully saturated rings. The lowest BCUT2D eigenvalue weighted by atomic mass is 10.2. The number of fused-ring (bicyclic) bond motifs is 1. The second-order valence-corrected chi connectivity index (χ2v) is 8.35. The van der Waals surface area contributed by atoms with Crippen molar-refractivity contribution in [3.63, 3.8) is 0 Å². The number of ether oxygens (including phenoxy) is 2. The van der Waals surface area contributed by atoms with Gasteiger partial charge in [-0.1, -0.05) is 23.8 Å². The monoisotopic (exact) mass is 479 g/mol. The zero-order chi connectivity index (χ0) is 24.9. The molecule has 0 atom stereocenters. The van der Waals surface area contributed by atoms with E-state index in [0.717, 1.165) is 22.6 Å². The molecule has 1 aliphatic heterocycles. The van der Waals surface area contributed by atoms with Crippen LogP contribution in [0.1, 0.15) is 16.8 Å². The van der Waals surface area contributed by atoms with Crippen LogP contribution in [0.4, 0.5) is 28.8 Å². The lowest BCUT2D eigenvalue weighted by Crippen LogP contribution is -2.07. The first-order valence-corrected chi connectivity index (χ1v) is 11.5. The Balaban J connectivity index is 1.19. The van der Waals surface area contributed by atoms with Crippen LogP contribution in [0.5, 0.6) is 11.5 Å². The fraction of sp³-hybridized carbons (Fsp3) is 0.107. The molecule has 5 rings (SSSR count). The highest BCUT2D eigenvalue weighted by atomic mass is 16.7. The quantitative estimate of drug-likeness (QED) is 0.281. The summed E-state index contributed by atoms with van der Waals surface area (Å²) in [5, 5.41) is 9.38. The van der Waals surface area contributed by atoms with Gasteiger partial charge in [-0.15, -0.1) is 0 Å². The number of anilines is 5. The smallest absolute Gasteiger partial charge is 0.248 e. The number of carbonyl (C=O) groups excluding carboxylic acids is 1.